The number of carbonyl (C=O) groups is 2. The summed E-state index contributed by atoms with van der Waals surface area (Å²) in [7, 11) is 0. The van der Waals surface area contributed by atoms with Crippen LogP contribution in [-0.2, 0) is 14.4 Å². The molecule has 3 aromatic carbocycles. The summed E-state index contributed by atoms with van der Waals surface area (Å²) in [4.78, 5) is 34.2. The topological polar surface area (TPSA) is 68.3 Å². The van der Waals surface area contributed by atoms with E-state index in [2.05, 4.69) is 4.74 Å². The zero-order valence-corrected chi connectivity index (χ0v) is 19.7. The molecule has 37 heavy (non-hydrogen) atoms. The van der Waals surface area contributed by atoms with Crippen molar-refractivity contribution in [3.8, 4) is 11.5 Å². The lowest BCUT2D eigenvalue weighted by Gasteiger charge is -2.29. The van der Waals surface area contributed by atoms with Crippen molar-refractivity contribution >= 4 is 23.2 Å². The number of nitrogens with zero attached hydrogens (tertiary/aromatic N) is 2. The van der Waals surface area contributed by atoms with Gasteiger partial charge in [-0.25, -0.2) is 9.96 Å². The average Bonchev–Trinajstić information content (AvgIpc) is 3.39. The predicted molar refractivity (Wildman–Crippen MR) is 128 cm³/mol. The number of carbonyl (C=O) groups excluding carboxylic acids is 2. The Balaban J connectivity index is 1.47. The highest BCUT2D eigenvalue weighted by Crippen LogP contribution is 2.48. The molecule has 3 atom stereocenters. The van der Waals surface area contributed by atoms with Crippen LogP contribution in [0.25, 0.3) is 0 Å². The Kier molecular flexibility index (Phi) is 6.51. The number of fused-ring (bicyclic) bond motifs is 1. The molecule has 2 heterocycles. The van der Waals surface area contributed by atoms with Gasteiger partial charge in [0.15, 0.2) is 6.10 Å². The van der Waals surface area contributed by atoms with E-state index in [1.165, 1.54) is 29.3 Å². The lowest BCUT2D eigenvalue weighted by Crippen LogP contribution is -2.37. The third kappa shape index (κ3) is 4.84. The number of ether oxygens (including phenoxy) is 2. The van der Waals surface area contributed by atoms with Gasteiger partial charge in [-0.2, -0.15) is 0 Å². The first kappa shape index (κ1) is 24.6. The van der Waals surface area contributed by atoms with Gasteiger partial charge >= 0.3 is 6.36 Å². The molecule has 2 aliphatic heterocycles. The van der Waals surface area contributed by atoms with Crippen LogP contribution in [0.1, 0.15) is 24.9 Å². The van der Waals surface area contributed by atoms with Gasteiger partial charge in [-0.3, -0.25) is 14.4 Å². The number of hydroxylamine groups is 1. The minimum absolute atomic E-state index is 0.385. The molecule has 0 aromatic heterocycles. The second-order valence-corrected chi connectivity index (χ2v) is 8.63. The van der Waals surface area contributed by atoms with Crippen molar-refractivity contribution < 1.29 is 37.1 Å². The molecule has 0 N–H and O–H groups in total. The van der Waals surface area contributed by atoms with Crippen LogP contribution in [0.15, 0.2) is 78.9 Å². The maximum Gasteiger partial charge on any atom is 0.573 e. The van der Waals surface area contributed by atoms with E-state index in [1.807, 2.05) is 13.0 Å². The van der Waals surface area contributed by atoms with E-state index >= 15 is 0 Å². The van der Waals surface area contributed by atoms with E-state index in [9.17, 15) is 22.8 Å². The molecule has 5 rings (SSSR count). The first-order valence-electron chi connectivity index (χ1n) is 11.7. The molecule has 2 amide bonds. The summed E-state index contributed by atoms with van der Waals surface area (Å²) in [6, 6.07) is 20.0. The Bertz CT molecular complexity index is 1270. The minimum Gasteiger partial charge on any atom is -0.494 e. The van der Waals surface area contributed by atoms with Gasteiger partial charge in [0.1, 0.15) is 17.4 Å². The van der Waals surface area contributed by atoms with Gasteiger partial charge in [0.2, 0.25) is 5.91 Å². The molecule has 2 aliphatic rings. The van der Waals surface area contributed by atoms with E-state index in [0.717, 1.165) is 11.3 Å². The van der Waals surface area contributed by atoms with Gasteiger partial charge < -0.3 is 9.47 Å². The van der Waals surface area contributed by atoms with Crippen molar-refractivity contribution in [1.29, 1.82) is 0 Å². The highest BCUT2D eigenvalue weighted by molar-refractivity contribution is 6.23. The summed E-state index contributed by atoms with van der Waals surface area (Å²) in [5.74, 6) is -1.67. The number of para-hydroxylation sites is 1. The van der Waals surface area contributed by atoms with Crippen molar-refractivity contribution in [2.24, 2.45) is 5.92 Å². The number of amides is 2. The number of hydrogen-bond acceptors (Lipinski definition) is 6. The van der Waals surface area contributed by atoms with Crippen LogP contribution >= 0.6 is 0 Å². The second kappa shape index (κ2) is 9.78. The molecule has 192 valence electrons. The van der Waals surface area contributed by atoms with Crippen molar-refractivity contribution in [3.05, 3.63) is 84.4 Å². The fourth-order valence-corrected chi connectivity index (χ4v) is 4.58. The lowest BCUT2D eigenvalue weighted by molar-refractivity contribution is -0.274. The molecule has 0 spiro atoms. The fourth-order valence-electron chi connectivity index (χ4n) is 4.58. The largest absolute Gasteiger partial charge is 0.573 e. The molecule has 10 heteroatoms. The molecule has 0 radical (unpaired) electrons. The van der Waals surface area contributed by atoms with Crippen molar-refractivity contribution in [2.75, 3.05) is 16.6 Å². The Hall–Kier alpha value is -4.05. The molecule has 0 saturated carbocycles. The quantitative estimate of drug-likeness (QED) is 0.394. The Morgan fingerprint density at radius 2 is 1.49 bits per heavy atom. The van der Waals surface area contributed by atoms with Crippen molar-refractivity contribution in [2.45, 2.75) is 31.9 Å². The average molecular weight is 512 g/mol. The summed E-state index contributed by atoms with van der Waals surface area (Å²) < 4.78 is 47.5. The molecular formula is C27H23F3N2O5. The van der Waals surface area contributed by atoms with Gasteiger partial charge in [-0.05, 0) is 60.5 Å². The van der Waals surface area contributed by atoms with E-state index in [0.29, 0.717) is 29.3 Å². The van der Waals surface area contributed by atoms with Gasteiger partial charge in [0, 0.05) is 0 Å². The second-order valence-electron chi connectivity index (χ2n) is 8.63. The molecule has 2 fully saturated rings. The SMILES string of the molecule is CCCOc1ccc(N2C(=O)[C@@H]3[C@H](ON(c4ccccc4)[C@@H]3c3ccc(OC(F)(F)F)cc3)C2=O)cc1. The van der Waals surface area contributed by atoms with Gasteiger partial charge in [0.25, 0.3) is 5.91 Å². The molecule has 0 aliphatic carbocycles. The summed E-state index contributed by atoms with van der Waals surface area (Å²) in [5.41, 5.74) is 1.48. The number of benzene rings is 3. The fraction of sp³-hybridized carbons (Fsp3) is 0.259. The number of imide groups is 1. The zero-order valence-electron chi connectivity index (χ0n) is 19.7. The number of hydrogen-bond donors (Lipinski definition) is 0. The number of anilines is 2. The highest BCUT2D eigenvalue weighted by atomic mass is 19.4. The normalized spacial score (nSPS) is 21.4. The summed E-state index contributed by atoms with van der Waals surface area (Å²) >= 11 is 0. The number of rotatable bonds is 7. The van der Waals surface area contributed by atoms with E-state index in [4.69, 9.17) is 9.57 Å². The highest BCUT2D eigenvalue weighted by Gasteiger charge is 2.60. The van der Waals surface area contributed by atoms with Crippen LogP contribution in [0.2, 0.25) is 0 Å². The minimum atomic E-state index is -4.83. The lowest BCUT2D eigenvalue weighted by atomic mass is 9.90. The molecular weight excluding hydrogens is 489 g/mol. The van der Waals surface area contributed by atoms with Gasteiger partial charge in [-0.1, -0.05) is 37.3 Å². The van der Waals surface area contributed by atoms with Crippen LogP contribution in [0.3, 0.4) is 0 Å². The van der Waals surface area contributed by atoms with Gasteiger partial charge in [-0.15, -0.1) is 13.2 Å². The maximum atomic E-state index is 13.7. The molecule has 3 aromatic rings. The molecule has 7 nitrogen and oxygen atoms in total. The van der Waals surface area contributed by atoms with Crippen molar-refractivity contribution in [3.63, 3.8) is 0 Å². The van der Waals surface area contributed by atoms with E-state index in [-0.39, 0.29) is 5.75 Å². The molecule has 0 bridgehead atoms. The first-order chi connectivity index (χ1) is 17.8. The van der Waals surface area contributed by atoms with Crippen molar-refractivity contribution in [1.82, 2.24) is 0 Å². The smallest absolute Gasteiger partial charge is 0.494 e. The van der Waals surface area contributed by atoms with E-state index in [1.54, 1.807) is 48.5 Å². The summed E-state index contributed by atoms with van der Waals surface area (Å²) in [6.45, 7) is 2.53. The molecule has 2 saturated heterocycles. The number of alkyl halides is 3. The van der Waals surface area contributed by atoms with Gasteiger partial charge in [0.05, 0.1) is 24.0 Å². The van der Waals surface area contributed by atoms with Crippen LogP contribution in [0.4, 0.5) is 24.5 Å². The van der Waals surface area contributed by atoms with E-state index < -0.39 is 36.2 Å². The maximum absolute atomic E-state index is 13.7. The van der Waals surface area contributed by atoms with Crippen LogP contribution in [0, 0.1) is 5.92 Å². The Labute approximate surface area is 210 Å². The standard InChI is InChI=1S/C27H23F3N2O5/c1-2-16-35-20-14-10-18(11-15-20)31-25(33)22-23(17-8-12-21(13-9-17)36-27(28,29)30)32(37-24(22)26(31)34)19-6-4-3-5-7-19/h3-15,22-24H,2,16H2,1H3/t22-,23+,24-/m0/s1. The van der Waals surface area contributed by atoms with Crippen LogP contribution in [0.5, 0.6) is 11.5 Å². The predicted octanol–water partition coefficient (Wildman–Crippen LogP) is 5.43. The molecule has 0 unspecified atom stereocenters. The summed E-state index contributed by atoms with van der Waals surface area (Å²) in [6.07, 6.45) is -5.08. The van der Waals surface area contributed by atoms with Crippen LogP contribution < -0.4 is 19.4 Å². The number of halogens is 3. The zero-order chi connectivity index (χ0) is 26.2. The Morgan fingerprint density at radius 1 is 0.838 bits per heavy atom. The first-order valence-corrected chi connectivity index (χ1v) is 11.7. The summed E-state index contributed by atoms with van der Waals surface area (Å²) in [5, 5.41) is 1.48. The third-order valence-corrected chi connectivity index (χ3v) is 6.15. The Morgan fingerprint density at radius 3 is 2.11 bits per heavy atom. The monoisotopic (exact) mass is 512 g/mol. The third-order valence-electron chi connectivity index (χ3n) is 6.15. The van der Waals surface area contributed by atoms with Crippen LogP contribution in [-0.4, -0.2) is 30.9 Å².